The van der Waals surface area contributed by atoms with Crippen molar-refractivity contribution < 1.29 is 28.8 Å². The molecule has 156 valence electrons. The average molecular weight is 394 g/mol. The van der Waals surface area contributed by atoms with Crippen molar-refractivity contribution in [2.24, 2.45) is 5.92 Å². The van der Waals surface area contributed by atoms with Gasteiger partial charge in [-0.25, -0.2) is 0 Å². The zero-order chi connectivity index (χ0) is 19.9. The summed E-state index contributed by atoms with van der Waals surface area (Å²) in [6.07, 6.45) is 1.75. The number of aliphatic hydroxyl groups excluding tert-OH is 1. The lowest BCUT2D eigenvalue weighted by Gasteiger charge is -2.37. The highest BCUT2D eigenvalue weighted by atomic mass is 16.6. The number of fused-ring (bicyclic) bond motifs is 1. The van der Waals surface area contributed by atoms with Crippen molar-refractivity contribution in [3.05, 3.63) is 17.7 Å². The van der Waals surface area contributed by atoms with Gasteiger partial charge < -0.3 is 34.3 Å². The van der Waals surface area contributed by atoms with Crippen LogP contribution in [0.1, 0.15) is 23.2 Å². The van der Waals surface area contributed by atoms with Crippen LogP contribution in [0.5, 0.6) is 17.2 Å². The summed E-state index contributed by atoms with van der Waals surface area (Å²) in [5.74, 6) is 1.52. The molecular formula is C20H30N2O6. The summed E-state index contributed by atoms with van der Waals surface area (Å²) < 4.78 is 22.3. The minimum absolute atomic E-state index is 0.0529. The molecule has 3 rings (SSSR count). The Morgan fingerprint density at radius 2 is 2.07 bits per heavy atom. The molecule has 0 spiro atoms. The van der Waals surface area contributed by atoms with Crippen molar-refractivity contribution in [3.63, 3.8) is 0 Å². The molecule has 0 radical (unpaired) electrons. The Bertz CT molecular complexity index is 668. The van der Waals surface area contributed by atoms with Crippen LogP contribution < -0.4 is 19.5 Å². The van der Waals surface area contributed by atoms with Crippen LogP contribution in [-0.2, 0) is 4.74 Å². The van der Waals surface area contributed by atoms with Crippen LogP contribution in [0.3, 0.4) is 0 Å². The molecule has 1 aromatic carbocycles. The summed E-state index contributed by atoms with van der Waals surface area (Å²) in [4.78, 5) is 15.1. The van der Waals surface area contributed by atoms with Crippen LogP contribution in [0.2, 0.25) is 0 Å². The average Bonchev–Trinajstić information content (AvgIpc) is 2.75. The maximum atomic E-state index is 12.8. The van der Waals surface area contributed by atoms with E-state index in [1.807, 2.05) is 0 Å². The second-order valence-corrected chi connectivity index (χ2v) is 7.08. The van der Waals surface area contributed by atoms with E-state index in [-0.39, 0.29) is 24.5 Å². The summed E-state index contributed by atoms with van der Waals surface area (Å²) in [7, 11) is 3.27. The molecule has 0 unspecified atom stereocenters. The molecular weight excluding hydrogens is 364 g/mol. The number of ether oxygens (including phenoxy) is 4. The number of methoxy groups -OCH3 is 2. The first-order valence-electron chi connectivity index (χ1n) is 9.78. The molecule has 0 saturated carbocycles. The van der Waals surface area contributed by atoms with Gasteiger partial charge in [-0.05, 0) is 31.5 Å². The molecule has 2 aliphatic rings. The lowest BCUT2D eigenvalue weighted by atomic mass is 9.93. The minimum atomic E-state index is -0.193. The predicted molar refractivity (Wildman–Crippen MR) is 103 cm³/mol. The predicted octanol–water partition coefficient (Wildman–Crippen LogP) is 0.916. The molecule has 1 amide bonds. The fourth-order valence-corrected chi connectivity index (χ4v) is 3.80. The lowest BCUT2D eigenvalue weighted by Crippen LogP contribution is -2.48. The molecule has 0 bridgehead atoms. The molecule has 8 nitrogen and oxygen atoms in total. The van der Waals surface area contributed by atoms with Crippen LogP contribution in [-0.4, -0.2) is 82.2 Å². The molecule has 2 aliphatic heterocycles. The number of amides is 1. The summed E-state index contributed by atoms with van der Waals surface area (Å²) in [6.45, 7) is 4.18. The number of hydrogen-bond acceptors (Lipinski definition) is 7. The van der Waals surface area contributed by atoms with E-state index in [0.717, 1.165) is 32.5 Å². The Balaban J connectivity index is 1.61. The zero-order valence-corrected chi connectivity index (χ0v) is 16.6. The molecule has 28 heavy (non-hydrogen) atoms. The van der Waals surface area contributed by atoms with Crippen LogP contribution in [0, 0.1) is 5.92 Å². The number of piperidine rings is 1. The van der Waals surface area contributed by atoms with Crippen LogP contribution in [0.25, 0.3) is 0 Å². The van der Waals surface area contributed by atoms with Gasteiger partial charge >= 0.3 is 0 Å². The van der Waals surface area contributed by atoms with Gasteiger partial charge in [0.05, 0.1) is 18.8 Å². The highest BCUT2D eigenvalue weighted by molar-refractivity contribution is 5.98. The van der Waals surface area contributed by atoms with Crippen molar-refractivity contribution in [1.82, 2.24) is 10.2 Å². The van der Waals surface area contributed by atoms with Crippen LogP contribution in [0.4, 0.5) is 0 Å². The Morgan fingerprint density at radius 1 is 1.29 bits per heavy atom. The van der Waals surface area contributed by atoms with E-state index in [9.17, 15) is 4.79 Å². The van der Waals surface area contributed by atoms with Gasteiger partial charge in [0.2, 0.25) is 5.75 Å². The number of benzene rings is 1. The third-order valence-corrected chi connectivity index (χ3v) is 5.36. The Kier molecular flexibility index (Phi) is 7.36. The summed E-state index contributed by atoms with van der Waals surface area (Å²) in [5, 5.41) is 12.0. The van der Waals surface area contributed by atoms with Crippen molar-refractivity contribution in [2.45, 2.75) is 18.9 Å². The van der Waals surface area contributed by atoms with E-state index in [1.54, 1.807) is 26.4 Å². The number of nitrogens with zero attached hydrogens (tertiary/aromatic N) is 1. The molecule has 1 aromatic rings. The van der Waals surface area contributed by atoms with E-state index in [4.69, 9.17) is 24.1 Å². The van der Waals surface area contributed by atoms with Gasteiger partial charge in [-0.1, -0.05) is 0 Å². The van der Waals surface area contributed by atoms with Crippen molar-refractivity contribution in [3.8, 4) is 17.2 Å². The van der Waals surface area contributed by atoms with E-state index in [1.165, 1.54) is 0 Å². The fourth-order valence-electron chi connectivity index (χ4n) is 3.80. The molecule has 8 heteroatoms. The van der Waals surface area contributed by atoms with E-state index < -0.39 is 0 Å². The normalized spacial score (nSPS) is 22.0. The molecule has 2 atom stereocenters. The fraction of sp³-hybridized carbons (Fsp3) is 0.650. The first-order valence-corrected chi connectivity index (χ1v) is 9.78. The number of nitrogens with one attached hydrogen (secondary N) is 1. The second kappa shape index (κ2) is 9.95. The second-order valence-electron chi connectivity index (χ2n) is 7.08. The number of carbonyl (C=O) groups is 1. The summed E-state index contributed by atoms with van der Waals surface area (Å²) in [5.41, 5.74) is 0.449. The summed E-state index contributed by atoms with van der Waals surface area (Å²) >= 11 is 0. The monoisotopic (exact) mass is 394 g/mol. The molecule has 0 aromatic heterocycles. The molecule has 1 fully saturated rings. The highest BCUT2D eigenvalue weighted by Gasteiger charge is 2.30. The molecule has 2 N–H and O–H groups in total. The topological polar surface area (TPSA) is 89.5 Å². The van der Waals surface area contributed by atoms with Gasteiger partial charge in [-0.3, -0.25) is 4.79 Å². The summed E-state index contributed by atoms with van der Waals surface area (Å²) in [6, 6.07) is 3.42. The molecule has 0 aliphatic carbocycles. The molecule has 2 heterocycles. The number of hydrogen-bond donors (Lipinski definition) is 2. The first kappa shape index (κ1) is 20.7. The Morgan fingerprint density at radius 3 is 2.79 bits per heavy atom. The molecule has 1 saturated heterocycles. The van der Waals surface area contributed by atoms with E-state index in [0.29, 0.717) is 42.6 Å². The van der Waals surface area contributed by atoms with Gasteiger partial charge in [0.25, 0.3) is 5.91 Å². The third-order valence-electron chi connectivity index (χ3n) is 5.36. The maximum absolute atomic E-state index is 12.8. The standard InChI is InChI=1S/C20H30N2O6/c1-25-16-5-4-15(18-19(16)28-11-10-27-18)20(24)21-12-14-6-8-22(7-3-9-23)13-17(14)26-2/h4-5,14,17,23H,3,6-13H2,1-2H3,(H,21,24)/t14-,17+/m0/s1. The van der Waals surface area contributed by atoms with Crippen molar-refractivity contribution >= 4 is 5.91 Å². The van der Waals surface area contributed by atoms with Crippen LogP contribution >= 0.6 is 0 Å². The number of rotatable bonds is 8. The van der Waals surface area contributed by atoms with E-state index in [2.05, 4.69) is 10.2 Å². The zero-order valence-electron chi connectivity index (χ0n) is 16.6. The van der Waals surface area contributed by atoms with E-state index >= 15 is 0 Å². The number of likely N-dealkylation sites (tertiary alicyclic amines) is 1. The number of aliphatic hydroxyl groups is 1. The van der Waals surface area contributed by atoms with Gasteiger partial charge in [-0.2, -0.15) is 0 Å². The maximum Gasteiger partial charge on any atom is 0.255 e. The van der Waals surface area contributed by atoms with Gasteiger partial charge in [0.1, 0.15) is 13.2 Å². The quantitative estimate of drug-likeness (QED) is 0.678. The van der Waals surface area contributed by atoms with Crippen molar-refractivity contribution in [1.29, 1.82) is 0 Å². The smallest absolute Gasteiger partial charge is 0.255 e. The van der Waals surface area contributed by atoms with Gasteiger partial charge in [-0.15, -0.1) is 0 Å². The Labute approximate surface area is 165 Å². The minimum Gasteiger partial charge on any atom is -0.493 e. The van der Waals surface area contributed by atoms with Crippen molar-refractivity contribution in [2.75, 3.05) is 60.2 Å². The van der Waals surface area contributed by atoms with Gasteiger partial charge in [0.15, 0.2) is 11.5 Å². The first-order chi connectivity index (χ1) is 13.7. The van der Waals surface area contributed by atoms with Gasteiger partial charge in [0, 0.05) is 39.3 Å². The lowest BCUT2D eigenvalue weighted by molar-refractivity contribution is -0.0116. The van der Waals surface area contributed by atoms with Crippen LogP contribution in [0.15, 0.2) is 12.1 Å². The SMILES string of the molecule is COc1ccc(C(=O)NC[C@@H]2CCN(CCCO)C[C@H]2OC)c2c1OCCO2. The highest BCUT2D eigenvalue weighted by Crippen LogP contribution is 2.41. The third kappa shape index (κ3) is 4.68. The number of carbonyl (C=O) groups excluding carboxylic acids is 1. The largest absolute Gasteiger partial charge is 0.493 e. The Hall–Kier alpha value is -2.03.